The number of anilines is 2. The first-order chi connectivity index (χ1) is 13.5. The average molecular weight is 386 g/mol. The Labute approximate surface area is 167 Å². The predicted molar refractivity (Wildman–Crippen MR) is 113 cm³/mol. The molecule has 7 heteroatoms. The summed E-state index contributed by atoms with van der Waals surface area (Å²) in [5.74, 6) is 3.21. The van der Waals surface area contributed by atoms with E-state index in [0.717, 1.165) is 68.0 Å². The van der Waals surface area contributed by atoms with Crippen LogP contribution in [0.4, 0.5) is 11.8 Å². The fourth-order valence-corrected chi connectivity index (χ4v) is 3.45. The highest BCUT2D eigenvalue weighted by Gasteiger charge is 2.21. The van der Waals surface area contributed by atoms with E-state index in [-0.39, 0.29) is 0 Å². The molecule has 1 aliphatic heterocycles. The molecule has 0 saturated carbocycles. The van der Waals surface area contributed by atoms with Gasteiger partial charge < -0.3 is 24.6 Å². The maximum absolute atomic E-state index is 5.46. The second-order valence-electron chi connectivity index (χ2n) is 7.43. The van der Waals surface area contributed by atoms with E-state index in [1.54, 1.807) is 14.2 Å². The molecule has 28 heavy (non-hydrogen) atoms. The molecule has 1 aromatic carbocycles. The van der Waals surface area contributed by atoms with Crippen molar-refractivity contribution in [2.24, 2.45) is 0 Å². The van der Waals surface area contributed by atoms with E-state index in [1.165, 1.54) is 11.1 Å². The number of fused-ring (bicyclic) bond motifs is 1. The van der Waals surface area contributed by atoms with Crippen LogP contribution in [0.25, 0.3) is 0 Å². The van der Waals surface area contributed by atoms with Gasteiger partial charge in [0.25, 0.3) is 0 Å². The lowest BCUT2D eigenvalue weighted by atomic mass is 9.99. The van der Waals surface area contributed by atoms with Crippen LogP contribution in [0.5, 0.6) is 11.5 Å². The Morgan fingerprint density at radius 3 is 2.46 bits per heavy atom. The number of hydrogen-bond acceptors (Lipinski definition) is 7. The lowest BCUT2D eigenvalue weighted by Crippen LogP contribution is -2.32. The van der Waals surface area contributed by atoms with Crippen LogP contribution in [0.15, 0.2) is 18.2 Å². The topological polar surface area (TPSA) is 62.8 Å². The Bertz CT molecular complexity index is 810. The first-order valence-electron chi connectivity index (χ1n) is 9.73. The van der Waals surface area contributed by atoms with Crippen LogP contribution in [-0.2, 0) is 13.0 Å². The van der Waals surface area contributed by atoms with Gasteiger partial charge in [-0.2, -0.15) is 4.98 Å². The van der Waals surface area contributed by atoms with Crippen LogP contribution in [0, 0.1) is 6.92 Å². The molecule has 0 unspecified atom stereocenters. The molecular weight excluding hydrogens is 354 g/mol. The van der Waals surface area contributed by atoms with Crippen molar-refractivity contribution in [3.63, 3.8) is 0 Å². The summed E-state index contributed by atoms with van der Waals surface area (Å²) in [4.78, 5) is 13.8. The van der Waals surface area contributed by atoms with E-state index >= 15 is 0 Å². The van der Waals surface area contributed by atoms with Crippen LogP contribution in [-0.4, -0.2) is 62.8 Å². The second kappa shape index (κ2) is 9.10. The summed E-state index contributed by atoms with van der Waals surface area (Å²) in [6.45, 7) is 5.61. The molecule has 2 heterocycles. The van der Waals surface area contributed by atoms with Crippen molar-refractivity contribution < 1.29 is 9.47 Å². The molecule has 0 saturated heterocycles. The minimum atomic E-state index is 0.761. The van der Waals surface area contributed by atoms with Crippen molar-refractivity contribution >= 4 is 11.8 Å². The minimum absolute atomic E-state index is 0.761. The van der Waals surface area contributed by atoms with E-state index in [4.69, 9.17) is 14.5 Å². The van der Waals surface area contributed by atoms with E-state index in [1.807, 2.05) is 13.0 Å². The summed E-state index contributed by atoms with van der Waals surface area (Å²) < 4.78 is 10.9. The van der Waals surface area contributed by atoms with Gasteiger partial charge in [0, 0.05) is 31.4 Å². The third-order valence-electron chi connectivity index (χ3n) is 4.93. The van der Waals surface area contributed by atoms with Gasteiger partial charge in [0.05, 0.1) is 14.2 Å². The number of benzene rings is 1. The quantitative estimate of drug-likeness (QED) is 0.701. The van der Waals surface area contributed by atoms with E-state index < -0.39 is 0 Å². The Balaban J connectivity index is 1.74. The number of methoxy groups -OCH3 is 2. The molecule has 0 radical (unpaired) electrons. The van der Waals surface area contributed by atoms with Crippen molar-refractivity contribution in [2.45, 2.75) is 26.3 Å². The fourth-order valence-electron chi connectivity index (χ4n) is 3.45. The summed E-state index contributed by atoms with van der Waals surface area (Å²) in [7, 11) is 7.52. The predicted octanol–water partition coefficient (Wildman–Crippen LogP) is 2.73. The highest BCUT2D eigenvalue weighted by Crippen LogP contribution is 2.34. The Kier molecular flexibility index (Phi) is 6.57. The third-order valence-corrected chi connectivity index (χ3v) is 4.93. The van der Waals surface area contributed by atoms with Gasteiger partial charge in [0.1, 0.15) is 5.82 Å². The number of aryl methyl sites for hydroxylation is 1. The van der Waals surface area contributed by atoms with Gasteiger partial charge in [-0.05, 0) is 63.7 Å². The molecule has 1 aromatic heterocycles. The van der Waals surface area contributed by atoms with E-state index in [9.17, 15) is 0 Å². The largest absolute Gasteiger partial charge is 0.493 e. The fraction of sp³-hybridized carbons (Fsp3) is 0.524. The maximum atomic E-state index is 5.46. The van der Waals surface area contributed by atoms with Crippen LogP contribution in [0.1, 0.15) is 23.2 Å². The van der Waals surface area contributed by atoms with Crippen molar-refractivity contribution in [3.05, 3.63) is 35.0 Å². The van der Waals surface area contributed by atoms with Crippen molar-refractivity contribution in [1.29, 1.82) is 0 Å². The van der Waals surface area contributed by atoms with Crippen LogP contribution in [0.3, 0.4) is 0 Å². The number of ether oxygens (including phenoxy) is 2. The normalized spacial score (nSPS) is 13.4. The molecule has 7 nitrogen and oxygen atoms in total. The zero-order valence-electron chi connectivity index (χ0n) is 17.6. The molecule has 0 spiro atoms. The summed E-state index contributed by atoms with van der Waals surface area (Å²) in [6.07, 6.45) is 2.00. The van der Waals surface area contributed by atoms with Gasteiger partial charge in [0.15, 0.2) is 11.5 Å². The smallest absolute Gasteiger partial charge is 0.227 e. The van der Waals surface area contributed by atoms with Crippen LogP contribution < -0.4 is 19.7 Å². The Morgan fingerprint density at radius 2 is 1.79 bits per heavy atom. The molecule has 1 N–H and O–H groups in total. The highest BCUT2D eigenvalue weighted by atomic mass is 16.5. The van der Waals surface area contributed by atoms with Gasteiger partial charge >= 0.3 is 0 Å². The minimum Gasteiger partial charge on any atom is -0.493 e. The molecule has 1 aliphatic rings. The van der Waals surface area contributed by atoms with Crippen molar-refractivity contribution in [2.75, 3.05) is 58.2 Å². The average Bonchev–Trinajstić information content (AvgIpc) is 2.69. The molecular formula is C21H31N5O2. The zero-order chi connectivity index (χ0) is 20.1. The van der Waals surface area contributed by atoms with Gasteiger partial charge in [-0.1, -0.05) is 0 Å². The van der Waals surface area contributed by atoms with E-state index in [2.05, 4.69) is 46.3 Å². The maximum Gasteiger partial charge on any atom is 0.227 e. The SMILES string of the molecule is COc1cc2c(cc1OC)CN(c1nc(C)cc(NCCCN(C)C)n1)CC2. The first kappa shape index (κ1) is 20.2. The number of hydrogen-bond donors (Lipinski definition) is 1. The number of aromatic nitrogens is 2. The standard InChI is InChI=1S/C21H31N5O2/c1-15-11-20(22-8-6-9-25(2)3)24-21(23-15)26-10-7-16-12-18(27-4)19(28-5)13-17(16)14-26/h11-13H,6-10,14H2,1-5H3,(H,22,23,24). The van der Waals surface area contributed by atoms with E-state index in [0.29, 0.717) is 0 Å². The van der Waals surface area contributed by atoms with Crippen molar-refractivity contribution in [1.82, 2.24) is 14.9 Å². The molecule has 0 atom stereocenters. The number of nitrogens with one attached hydrogen (secondary N) is 1. The molecule has 0 aliphatic carbocycles. The zero-order valence-corrected chi connectivity index (χ0v) is 17.6. The van der Waals surface area contributed by atoms with Gasteiger partial charge in [0.2, 0.25) is 5.95 Å². The molecule has 0 fully saturated rings. The van der Waals surface area contributed by atoms with Crippen molar-refractivity contribution in [3.8, 4) is 11.5 Å². The lowest BCUT2D eigenvalue weighted by molar-refractivity contribution is 0.353. The first-order valence-corrected chi connectivity index (χ1v) is 9.73. The summed E-state index contributed by atoms with van der Waals surface area (Å²) in [5.41, 5.74) is 3.50. The summed E-state index contributed by atoms with van der Waals surface area (Å²) in [6, 6.07) is 6.15. The van der Waals surface area contributed by atoms with Gasteiger partial charge in [-0.25, -0.2) is 4.98 Å². The Morgan fingerprint density at radius 1 is 1.07 bits per heavy atom. The third kappa shape index (κ3) is 4.84. The number of nitrogens with zero attached hydrogens (tertiary/aromatic N) is 4. The molecule has 2 aromatic rings. The molecule has 0 amide bonds. The lowest BCUT2D eigenvalue weighted by Gasteiger charge is -2.30. The second-order valence-corrected chi connectivity index (χ2v) is 7.43. The molecule has 0 bridgehead atoms. The van der Waals surface area contributed by atoms with Crippen LogP contribution in [0.2, 0.25) is 0 Å². The highest BCUT2D eigenvalue weighted by molar-refractivity contribution is 5.52. The molecule has 3 rings (SSSR count). The van der Waals surface area contributed by atoms with Gasteiger partial charge in [-0.3, -0.25) is 0 Å². The monoisotopic (exact) mass is 385 g/mol. The van der Waals surface area contributed by atoms with Gasteiger partial charge in [-0.15, -0.1) is 0 Å². The number of rotatable bonds is 8. The van der Waals surface area contributed by atoms with Crippen LogP contribution >= 0.6 is 0 Å². The summed E-state index contributed by atoms with van der Waals surface area (Å²) >= 11 is 0. The summed E-state index contributed by atoms with van der Waals surface area (Å²) in [5, 5.41) is 3.43. The Hall–Kier alpha value is -2.54. The molecule has 152 valence electrons.